The summed E-state index contributed by atoms with van der Waals surface area (Å²) in [5.74, 6) is 0. The number of aryl methyl sites for hydroxylation is 4. The van der Waals surface area contributed by atoms with Crippen molar-refractivity contribution >= 4 is 62.8 Å². The van der Waals surface area contributed by atoms with Gasteiger partial charge in [-0.1, -0.05) is 121 Å². The number of nitrogens with zero attached hydrogens (tertiary/aromatic N) is 4. The van der Waals surface area contributed by atoms with E-state index in [1.165, 1.54) is 17.2 Å². The zero-order chi connectivity index (χ0) is 75.1. The van der Waals surface area contributed by atoms with Crippen LogP contribution in [0.2, 0.25) is 0 Å². The standard InChI is InChI=1S/C22H30N2O3S.C19H24N2O4S.2C19H24N2O3S/c1-5-27-17(3)9-8-14-23-22-18-10-6-7-11-20(18)24(4)28(25,26)21-15-16(2)12-13-19(21)22;1-14-7-8-16-18(13-14)26(23,24)21(2)17-6-4-3-5-15(17)19(16)20-9-11-25-12-10-22;2*1-14-9-10-16-18(13-14)25(22,23)21(2)17-8-5-4-7-15(17)19(16)20-11-6-12-24-3/h6-7,10-13,15,17,22-23H,5,8-9,14H2,1-4H3;3-8,13,19-20,22H,9-12H2,1-2H3;2*4-5,7-10,13,19-20H,6,11-12H2,1-3H3. The van der Waals surface area contributed by atoms with Crippen molar-refractivity contribution < 1.29 is 57.7 Å². The maximum atomic E-state index is 13.3. The van der Waals surface area contributed by atoms with Gasteiger partial charge < -0.3 is 45.3 Å². The van der Waals surface area contributed by atoms with Crippen LogP contribution in [-0.2, 0) is 59.0 Å². The normalized spacial score (nSPS) is 18.4. The van der Waals surface area contributed by atoms with Crippen LogP contribution in [0.5, 0.6) is 0 Å². The third-order valence-corrected chi connectivity index (χ3v) is 26.3. The maximum absolute atomic E-state index is 13.3. The van der Waals surface area contributed by atoms with Crippen LogP contribution in [0.4, 0.5) is 22.7 Å². The van der Waals surface area contributed by atoms with Crippen LogP contribution >= 0.6 is 0 Å². The molecule has 0 radical (unpaired) electrons. The van der Waals surface area contributed by atoms with E-state index in [2.05, 4.69) is 28.2 Å². The van der Waals surface area contributed by atoms with Gasteiger partial charge in [0.2, 0.25) is 0 Å². The fraction of sp³-hybridized carbons (Fsp3) is 0.392. The van der Waals surface area contributed by atoms with E-state index in [0.29, 0.717) is 63.0 Å². The van der Waals surface area contributed by atoms with Gasteiger partial charge in [-0.2, -0.15) is 0 Å². The second-order valence-corrected chi connectivity index (χ2v) is 34.0. The summed E-state index contributed by atoms with van der Waals surface area (Å²) >= 11 is 0. The minimum Gasteiger partial charge on any atom is -0.394 e. The first-order valence-corrected chi connectivity index (χ1v) is 41.0. The highest BCUT2D eigenvalue weighted by molar-refractivity contribution is 7.93. The summed E-state index contributed by atoms with van der Waals surface area (Å²) in [6.45, 7) is 17.3. The molecule has 0 spiro atoms. The third-order valence-electron chi connectivity index (χ3n) is 19.0. The summed E-state index contributed by atoms with van der Waals surface area (Å²) in [5.41, 5.74) is 13.4. The number of aliphatic hydroxyl groups excluding tert-OH is 1. The molecule has 12 rings (SSSR count). The maximum Gasteiger partial charge on any atom is 0.264 e. The van der Waals surface area contributed by atoms with Gasteiger partial charge in [0.05, 0.1) is 92.4 Å². The first kappa shape index (κ1) is 80.5. The second kappa shape index (κ2) is 36.1. The fourth-order valence-electron chi connectivity index (χ4n) is 13.5. The molecule has 0 bridgehead atoms. The van der Waals surface area contributed by atoms with Gasteiger partial charge in [0.15, 0.2) is 0 Å². The van der Waals surface area contributed by atoms with Crippen molar-refractivity contribution in [1.82, 2.24) is 21.3 Å². The third kappa shape index (κ3) is 18.1. The molecule has 0 aromatic heterocycles. The lowest BCUT2D eigenvalue weighted by Crippen LogP contribution is -2.27. The number of sulfonamides is 4. The molecule has 0 saturated carbocycles. The van der Waals surface area contributed by atoms with Crippen molar-refractivity contribution in [3.63, 3.8) is 0 Å². The van der Waals surface area contributed by atoms with Gasteiger partial charge in [0.25, 0.3) is 40.1 Å². The van der Waals surface area contributed by atoms with Crippen LogP contribution in [0.15, 0.2) is 189 Å². The number of benzene rings is 8. The molecule has 4 aliphatic rings. The molecule has 104 heavy (non-hydrogen) atoms. The molecule has 8 aromatic carbocycles. The zero-order valence-electron chi connectivity index (χ0n) is 61.7. The molecule has 4 aliphatic heterocycles. The molecule has 4 heterocycles. The average molecular weight is 1500 g/mol. The molecule has 560 valence electrons. The van der Waals surface area contributed by atoms with Crippen molar-refractivity contribution in [2.45, 2.75) is 117 Å². The molecule has 0 saturated heterocycles. The Balaban J connectivity index is 0.000000161. The number of fused-ring (bicyclic) bond motifs is 8. The van der Waals surface area contributed by atoms with Crippen molar-refractivity contribution in [2.24, 2.45) is 0 Å². The Morgan fingerprint density at radius 3 is 0.942 bits per heavy atom. The summed E-state index contributed by atoms with van der Waals surface area (Å²) in [6.07, 6.45) is 3.88. The number of methoxy groups -OCH3 is 2. The topological polar surface area (TPSA) is 255 Å². The van der Waals surface area contributed by atoms with Gasteiger partial charge >= 0.3 is 0 Å². The number of aliphatic hydroxyl groups is 1. The monoisotopic (exact) mass is 1500 g/mol. The summed E-state index contributed by atoms with van der Waals surface area (Å²) in [6, 6.07) is 52.3. The van der Waals surface area contributed by atoms with Crippen LogP contribution in [0, 0.1) is 27.7 Å². The number of nitrogens with one attached hydrogen (secondary N) is 4. The quantitative estimate of drug-likeness (QED) is 0.0373. The molecule has 0 aliphatic carbocycles. The molecule has 0 fully saturated rings. The Morgan fingerprint density at radius 1 is 0.385 bits per heavy atom. The van der Waals surface area contributed by atoms with E-state index in [1.807, 2.05) is 180 Å². The number of hydrogen-bond donors (Lipinski definition) is 5. The van der Waals surface area contributed by atoms with Crippen molar-refractivity contribution in [3.8, 4) is 0 Å². The number of para-hydroxylation sites is 4. The van der Waals surface area contributed by atoms with Gasteiger partial charge in [-0.25, -0.2) is 33.7 Å². The SMILES string of the molecule is CCOC(C)CCCNC1c2ccccc2N(C)S(=O)(=O)c2cc(C)ccc21.COCCCNC1c2ccccc2N(C)S(=O)(=O)c2cc(C)ccc21.COCCCNC1c2ccccc2N(C)S(=O)(=O)c2cc(C)ccc21.Cc1ccc2c(c1)S(=O)(=O)N(C)c1ccccc1C2NCCOCCO. The van der Waals surface area contributed by atoms with Crippen LogP contribution in [0.1, 0.15) is 130 Å². The Kier molecular flexibility index (Phi) is 28.0. The highest BCUT2D eigenvalue weighted by Crippen LogP contribution is 2.45. The highest BCUT2D eigenvalue weighted by Gasteiger charge is 2.39. The Hall–Kier alpha value is -7.60. The predicted molar refractivity (Wildman–Crippen MR) is 413 cm³/mol. The predicted octanol–water partition coefficient (Wildman–Crippen LogP) is 11.5. The van der Waals surface area contributed by atoms with Gasteiger partial charge in [-0.05, 0) is 202 Å². The van der Waals surface area contributed by atoms with Crippen LogP contribution < -0.4 is 38.5 Å². The van der Waals surface area contributed by atoms with E-state index in [9.17, 15) is 33.7 Å². The smallest absolute Gasteiger partial charge is 0.264 e. The molecule has 8 aromatic rings. The first-order chi connectivity index (χ1) is 49.7. The van der Waals surface area contributed by atoms with Crippen molar-refractivity contribution in [2.75, 3.05) is 125 Å². The zero-order valence-corrected chi connectivity index (χ0v) is 65.0. The van der Waals surface area contributed by atoms with E-state index >= 15 is 0 Å². The molecule has 25 heteroatoms. The summed E-state index contributed by atoms with van der Waals surface area (Å²) in [4.78, 5) is 1.45. The number of rotatable bonds is 23. The number of hydrogen-bond acceptors (Lipinski definition) is 17. The first-order valence-electron chi connectivity index (χ1n) is 35.2. The Bertz CT molecular complexity index is 4570. The highest BCUT2D eigenvalue weighted by atomic mass is 32.2. The van der Waals surface area contributed by atoms with Gasteiger partial charge in [0, 0.05) is 68.8 Å². The summed E-state index contributed by atoms with van der Waals surface area (Å²) < 4.78 is 132. The van der Waals surface area contributed by atoms with E-state index in [0.717, 1.165) is 124 Å². The lowest BCUT2D eigenvalue weighted by atomic mass is 9.96. The average Bonchev–Trinajstić information content (AvgIpc) is 1.59. The summed E-state index contributed by atoms with van der Waals surface area (Å²) in [7, 11) is -4.60. The minimum atomic E-state index is -3.64. The van der Waals surface area contributed by atoms with E-state index in [-0.39, 0.29) is 43.5 Å². The molecule has 5 N–H and O–H groups in total. The molecular formula is C79H102N8O13S4. The molecule has 5 atom stereocenters. The second-order valence-electron chi connectivity index (χ2n) is 26.3. The van der Waals surface area contributed by atoms with Crippen LogP contribution in [0.3, 0.4) is 0 Å². The molecule has 0 amide bonds. The minimum absolute atomic E-state index is 0.0165. The molecule has 5 unspecified atom stereocenters. The molecule has 21 nitrogen and oxygen atoms in total. The van der Waals surface area contributed by atoms with Gasteiger partial charge in [-0.15, -0.1) is 0 Å². The van der Waals surface area contributed by atoms with Crippen molar-refractivity contribution in [3.05, 3.63) is 237 Å². The van der Waals surface area contributed by atoms with E-state index in [4.69, 9.17) is 24.1 Å². The van der Waals surface area contributed by atoms with E-state index in [1.54, 1.807) is 66.7 Å². The van der Waals surface area contributed by atoms with Gasteiger partial charge in [0.1, 0.15) is 0 Å². The lowest BCUT2D eigenvalue weighted by Gasteiger charge is -2.22. The lowest BCUT2D eigenvalue weighted by molar-refractivity contribution is 0.0688. The van der Waals surface area contributed by atoms with E-state index < -0.39 is 40.1 Å². The number of ether oxygens (including phenoxy) is 4. The largest absolute Gasteiger partial charge is 0.394 e. The Morgan fingerprint density at radius 2 is 0.663 bits per heavy atom. The van der Waals surface area contributed by atoms with Gasteiger partial charge in [-0.3, -0.25) is 17.2 Å². The fourth-order valence-corrected chi connectivity index (χ4v) is 19.7. The Labute approximate surface area is 617 Å². The summed E-state index contributed by atoms with van der Waals surface area (Å²) in [5, 5.41) is 22.9. The van der Waals surface area contributed by atoms with Crippen molar-refractivity contribution in [1.29, 1.82) is 0 Å². The number of anilines is 4. The molecular weight excluding hydrogens is 1400 g/mol. The van der Waals surface area contributed by atoms with Crippen LogP contribution in [0.25, 0.3) is 0 Å². The van der Waals surface area contributed by atoms with Crippen LogP contribution in [-0.4, -0.2) is 153 Å².